The number of hydrogen-bond donors (Lipinski definition) is 1. The highest BCUT2D eigenvalue weighted by Gasteiger charge is 2.38. The number of alkyl halides is 2. The third-order valence-electron chi connectivity index (χ3n) is 5.85. The molecule has 1 amide bonds. The maximum Gasteiger partial charge on any atom is 0.314 e. The van der Waals surface area contributed by atoms with Crippen molar-refractivity contribution >= 4 is 5.91 Å². The number of benzene rings is 3. The van der Waals surface area contributed by atoms with Gasteiger partial charge in [-0.25, -0.2) is 8.78 Å². The van der Waals surface area contributed by atoms with Gasteiger partial charge in [-0.2, -0.15) is 8.78 Å². The topological polar surface area (TPSA) is 79.5 Å². The van der Waals surface area contributed by atoms with Crippen LogP contribution in [-0.4, -0.2) is 26.1 Å². The van der Waals surface area contributed by atoms with Crippen molar-refractivity contribution < 1.29 is 31.9 Å². The first kappa shape index (κ1) is 22.7. The Balaban J connectivity index is 1.52. The van der Waals surface area contributed by atoms with Gasteiger partial charge in [0.2, 0.25) is 5.89 Å². The Morgan fingerprint density at radius 2 is 1.69 bits per heavy atom. The van der Waals surface area contributed by atoms with E-state index >= 15 is 0 Å². The van der Waals surface area contributed by atoms with Crippen molar-refractivity contribution in [1.29, 1.82) is 0 Å². The van der Waals surface area contributed by atoms with Gasteiger partial charge in [0.1, 0.15) is 17.7 Å². The van der Waals surface area contributed by atoms with Gasteiger partial charge in [0, 0.05) is 17.7 Å². The third-order valence-corrected chi connectivity index (χ3v) is 5.85. The maximum absolute atomic E-state index is 14.1. The molecule has 2 atom stereocenters. The Morgan fingerprint density at radius 1 is 0.914 bits per heavy atom. The van der Waals surface area contributed by atoms with Crippen LogP contribution in [0.4, 0.5) is 17.6 Å². The summed E-state index contributed by atoms with van der Waals surface area (Å²) in [6.45, 7) is 0.0972. The summed E-state index contributed by atoms with van der Waals surface area (Å²) in [5.41, 5.74) is 1.84. The van der Waals surface area contributed by atoms with E-state index in [0.717, 1.165) is 0 Å². The highest BCUT2D eigenvalue weighted by molar-refractivity contribution is 5.99. The largest absolute Gasteiger partial charge is 0.415 e. The molecule has 178 valence electrons. The standard InChI is InChI=1S/C25H17F4N3O3/c26-17-8-6-13(7-9-17)21(33)20(14-2-1-3-18(27)10-14)32-12-16-5-4-15(11-19(16)25(32)34)23-30-31-24(35-23)22(28)29/h1-11,20-22,33H,12H2. The van der Waals surface area contributed by atoms with Gasteiger partial charge >= 0.3 is 6.43 Å². The van der Waals surface area contributed by atoms with E-state index in [9.17, 15) is 27.5 Å². The Bertz CT molecular complexity index is 1390. The Labute approximate surface area is 196 Å². The lowest BCUT2D eigenvalue weighted by atomic mass is 9.94. The molecule has 0 aliphatic carbocycles. The van der Waals surface area contributed by atoms with Crippen LogP contribution in [0.25, 0.3) is 11.5 Å². The smallest absolute Gasteiger partial charge is 0.314 e. The van der Waals surface area contributed by atoms with E-state index in [4.69, 9.17) is 4.42 Å². The number of carbonyl (C=O) groups is 1. The molecule has 0 saturated heterocycles. The van der Waals surface area contributed by atoms with Crippen molar-refractivity contribution in [2.24, 2.45) is 0 Å². The van der Waals surface area contributed by atoms with E-state index in [2.05, 4.69) is 10.2 Å². The van der Waals surface area contributed by atoms with Crippen molar-refractivity contribution in [3.05, 3.63) is 107 Å². The van der Waals surface area contributed by atoms with Gasteiger partial charge in [0.05, 0.1) is 6.04 Å². The van der Waals surface area contributed by atoms with Crippen molar-refractivity contribution in [3.63, 3.8) is 0 Å². The van der Waals surface area contributed by atoms with Gasteiger partial charge in [0.25, 0.3) is 11.8 Å². The Kier molecular flexibility index (Phi) is 5.81. The van der Waals surface area contributed by atoms with Crippen molar-refractivity contribution in [3.8, 4) is 11.5 Å². The molecule has 1 aromatic heterocycles. The SMILES string of the molecule is O=C1c2cc(-c3nnc(C(F)F)o3)ccc2CN1C(c1cccc(F)c1)C(O)c1ccc(F)cc1. The average molecular weight is 483 g/mol. The van der Waals surface area contributed by atoms with Gasteiger partial charge < -0.3 is 14.4 Å². The molecule has 0 saturated carbocycles. The number of hydrogen-bond acceptors (Lipinski definition) is 5. The van der Waals surface area contributed by atoms with Crippen LogP contribution in [0.2, 0.25) is 0 Å². The Morgan fingerprint density at radius 3 is 2.37 bits per heavy atom. The number of aliphatic hydroxyl groups is 1. The molecule has 1 N–H and O–H groups in total. The normalized spacial score (nSPS) is 14.9. The minimum absolute atomic E-state index is 0.0972. The van der Waals surface area contributed by atoms with E-state index in [1.54, 1.807) is 18.2 Å². The van der Waals surface area contributed by atoms with Gasteiger partial charge in [-0.3, -0.25) is 4.79 Å². The van der Waals surface area contributed by atoms with Gasteiger partial charge in [0.15, 0.2) is 0 Å². The summed E-state index contributed by atoms with van der Waals surface area (Å²) in [4.78, 5) is 14.8. The summed E-state index contributed by atoms with van der Waals surface area (Å²) >= 11 is 0. The maximum atomic E-state index is 14.1. The molecule has 4 aromatic rings. The molecule has 5 rings (SSSR count). The molecule has 2 unspecified atom stereocenters. The van der Waals surface area contributed by atoms with Crippen LogP contribution in [0.1, 0.15) is 51.5 Å². The van der Waals surface area contributed by atoms with Crippen LogP contribution in [0.5, 0.6) is 0 Å². The molecule has 1 aliphatic rings. The summed E-state index contributed by atoms with van der Waals surface area (Å²) in [6.07, 6.45) is -4.22. The number of aliphatic hydroxyl groups excluding tert-OH is 1. The zero-order valence-corrected chi connectivity index (χ0v) is 17.9. The summed E-state index contributed by atoms with van der Waals surface area (Å²) < 4.78 is 58.1. The summed E-state index contributed by atoms with van der Waals surface area (Å²) in [5.74, 6) is -2.50. The van der Waals surface area contributed by atoms with E-state index in [-0.39, 0.29) is 23.6 Å². The van der Waals surface area contributed by atoms with Crippen molar-refractivity contribution in [1.82, 2.24) is 15.1 Å². The van der Waals surface area contributed by atoms with E-state index in [0.29, 0.717) is 16.7 Å². The molecule has 6 nitrogen and oxygen atoms in total. The van der Waals surface area contributed by atoms with Gasteiger partial charge in [-0.05, 0) is 53.1 Å². The van der Waals surface area contributed by atoms with E-state index in [1.807, 2.05) is 0 Å². The van der Waals surface area contributed by atoms with E-state index < -0.39 is 42.0 Å². The van der Waals surface area contributed by atoms with Crippen LogP contribution in [0.3, 0.4) is 0 Å². The summed E-state index contributed by atoms with van der Waals surface area (Å²) in [5, 5.41) is 18.1. The first-order chi connectivity index (χ1) is 16.8. The van der Waals surface area contributed by atoms with Crippen molar-refractivity contribution in [2.75, 3.05) is 0 Å². The number of halogens is 4. The highest BCUT2D eigenvalue weighted by Crippen LogP contribution is 2.40. The number of rotatable bonds is 6. The first-order valence-electron chi connectivity index (χ1n) is 10.6. The van der Waals surface area contributed by atoms with Crippen LogP contribution < -0.4 is 0 Å². The lowest BCUT2D eigenvalue weighted by molar-refractivity contribution is 0.0359. The molecular formula is C25H17F4N3O3. The highest BCUT2D eigenvalue weighted by atomic mass is 19.3. The summed E-state index contributed by atoms with van der Waals surface area (Å²) in [6, 6.07) is 14.3. The van der Waals surface area contributed by atoms with Crippen LogP contribution in [0.15, 0.2) is 71.1 Å². The lowest BCUT2D eigenvalue weighted by Gasteiger charge is -2.32. The molecule has 0 spiro atoms. The zero-order valence-electron chi connectivity index (χ0n) is 17.9. The van der Waals surface area contributed by atoms with Crippen molar-refractivity contribution in [2.45, 2.75) is 25.1 Å². The molecule has 10 heteroatoms. The quantitative estimate of drug-likeness (QED) is 0.373. The van der Waals surface area contributed by atoms with E-state index in [1.165, 1.54) is 53.4 Å². The summed E-state index contributed by atoms with van der Waals surface area (Å²) in [7, 11) is 0. The van der Waals surface area contributed by atoms with Gasteiger partial charge in [-0.15, -0.1) is 10.2 Å². The van der Waals surface area contributed by atoms with Crippen LogP contribution >= 0.6 is 0 Å². The fourth-order valence-electron chi connectivity index (χ4n) is 4.19. The number of fused-ring (bicyclic) bond motifs is 1. The molecule has 0 fully saturated rings. The molecule has 2 heterocycles. The molecule has 1 aliphatic heterocycles. The number of carbonyl (C=O) groups excluding carboxylic acids is 1. The third kappa shape index (κ3) is 4.28. The fourth-order valence-corrected chi connectivity index (χ4v) is 4.19. The lowest BCUT2D eigenvalue weighted by Crippen LogP contribution is -2.33. The fraction of sp³-hybridized carbons (Fsp3) is 0.160. The predicted octanol–water partition coefficient (Wildman–Crippen LogP) is 5.38. The minimum atomic E-state index is -2.93. The molecule has 0 radical (unpaired) electrons. The predicted molar refractivity (Wildman–Crippen MR) is 115 cm³/mol. The molecule has 35 heavy (non-hydrogen) atoms. The second-order valence-electron chi connectivity index (χ2n) is 8.05. The monoisotopic (exact) mass is 483 g/mol. The minimum Gasteiger partial charge on any atom is -0.415 e. The van der Waals surface area contributed by atoms with Crippen LogP contribution in [-0.2, 0) is 6.54 Å². The second-order valence-corrected chi connectivity index (χ2v) is 8.05. The zero-order chi connectivity index (χ0) is 24.7. The van der Waals surface area contributed by atoms with Gasteiger partial charge in [-0.1, -0.05) is 30.3 Å². The number of aromatic nitrogens is 2. The molecule has 0 bridgehead atoms. The second kappa shape index (κ2) is 8.95. The average Bonchev–Trinajstić information content (AvgIpc) is 3.46. The van der Waals surface area contributed by atoms with Crippen LogP contribution in [0, 0.1) is 11.6 Å². The molecule has 3 aromatic carbocycles. The first-order valence-corrected chi connectivity index (χ1v) is 10.6. The molecular weight excluding hydrogens is 466 g/mol. The Hall–Kier alpha value is -4.05. The number of nitrogens with zero attached hydrogens (tertiary/aromatic N) is 3. The number of amides is 1.